The minimum absolute atomic E-state index is 0.0776. The number of hydrogen-bond donors (Lipinski definition) is 1. The van der Waals surface area contributed by atoms with E-state index in [0.717, 1.165) is 42.6 Å². The van der Waals surface area contributed by atoms with Gasteiger partial charge in [0.05, 0.1) is 5.69 Å². The summed E-state index contributed by atoms with van der Waals surface area (Å²) in [5, 5.41) is 11.6. The number of fused-ring (bicyclic) bond motifs is 2. The van der Waals surface area contributed by atoms with Crippen molar-refractivity contribution < 1.29 is 23.8 Å². The third kappa shape index (κ3) is 6.86. The molecule has 2 bridgehead atoms. The van der Waals surface area contributed by atoms with Crippen molar-refractivity contribution in [3.63, 3.8) is 0 Å². The molecular weight excluding hydrogens is 498 g/mol. The number of rotatable bonds is 8. The largest absolute Gasteiger partial charge is 0.467 e. The fraction of sp³-hybridized carbons (Fsp3) is 0.517. The van der Waals surface area contributed by atoms with E-state index in [9.17, 15) is 9.59 Å². The summed E-state index contributed by atoms with van der Waals surface area (Å²) >= 11 is 0. The van der Waals surface area contributed by atoms with Crippen molar-refractivity contribution in [1.29, 1.82) is 0 Å². The number of amides is 2. The average Bonchev–Trinajstić information content (AvgIpc) is 3.18. The molecule has 1 aromatic carbocycles. The summed E-state index contributed by atoms with van der Waals surface area (Å²) in [7, 11) is 5.18. The number of benzene rings is 1. The first-order valence-corrected chi connectivity index (χ1v) is 13.3. The topological polar surface area (TPSA) is 106 Å². The van der Waals surface area contributed by atoms with Crippen LogP contribution in [0.1, 0.15) is 52.0 Å². The first-order chi connectivity index (χ1) is 18.6. The van der Waals surface area contributed by atoms with E-state index in [2.05, 4.69) is 20.4 Å². The summed E-state index contributed by atoms with van der Waals surface area (Å²) in [6.45, 7) is 5.79. The zero-order valence-electron chi connectivity index (χ0n) is 23.6. The number of likely N-dealkylation sites (N-methyl/N-ethyl adjacent to an activating group) is 1. The smallest absolute Gasteiger partial charge is 0.410 e. The van der Waals surface area contributed by atoms with Gasteiger partial charge in [-0.2, -0.15) is 0 Å². The number of ether oxygens (including phenoxy) is 3. The number of hydrogen-bond acceptors (Lipinski definition) is 8. The van der Waals surface area contributed by atoms with E-state index in [1.807, 2.05) is 63.1 Å². The Hall–Kier alpha value is -3.66. The first-order valence-electron chi connectivity index (χ1n) is 13.3. The number of carbonyl (C=O) groups excluding carboxylic acids is 2. The van der Waals surface area contributed by atoms with Gasteiger partial charge in [-0.25, -0.2) is 4.79 Å². The molecule has 10 nitrogen and oxygen atoms in total. The lowest BCUT2D eigenvalue weighted by atomic mass is 9.96. The summed E-state index contributed by atoms with van der Waals surface area (Å²) in [5.41, 5.74) is 1.75. The molecule has 39 heavy (non-hydrogen) atoms. The second-order valence-electron chi connectivity index (χ2n) is 11.0. The van der Waals surface area contributed by atoms with E-state index >= 15 is 0 Å². The maximum Gasteiger partial charge on any atom is 0.410 e. The van der Waals surface area contributed by atoms with Crippen LogP contribution in [0.4, 0.5) is 10.6 Å². The van der Waals surface area contributed by atoms with Gasteiger partial charge in [-0.1, -0.05) is 6.07 Å². The zero-order valence-corrected chi connectivity index (χ0v) is 23.6. The average molecular weight is 538 g/mol. The second-order valence-corrected chi connectivity index (χ2v) is 11.0. The van der Waals surface area contributed by atoms with E-state index < -0.39 is 5.60 Å². The highest BCUT2D eigenvalue weighted by Crippen LogP contribution is 2.39. The van der Waals surface area contributed by atoms with Gasteiger partial charge >= 0.3 is 6.09 Å². The van der Waals surface area contributed by atoms with Crippen molar-refractivity contribution in [2.75, 3.05) is 32.9 Å². The normalized spacial score (nSPS) is 20.7. The first kappa shape index (κ1) is 28.4. The summed E-state index contributed by atoms with van der Waals surface area (Å²) in [4.78, 5) is 28.5. The minimum Gasteiger partial charge on any atom is -0.467 e. The molecule has 3 heterocycles. The lowest BCUT2D eigenvalue weighted by molar-refractivity contribution is -0.116. The van der Waals surface area contributed by atoms with E-state index in [1.165, 1.54) is 6.08 Å². The Morgan fingerprint density at radius 2 is 1.85 bits per heavy atom. The molecule has 1 aromatic heterocycles. The standard InChI is InChI=1S/C29H39N5O5/c1-29(2,3)39-28(36)34-20-9-10-21(34)17-22(16-20)33(5)26-13-12-24(31-32-26)23-11-7-19(8-14-27(35)30-4)15-25(23)38-18-37-6/h7-8,11-15,20-22H,9-10,16-18H2,1-6H3,(H,30,35)/b14-8+. The van der Waals surface area contributed by atoms with Gasteiger partial charge in [-0.15, -0.1) is 10.2 Å². The predicted octanol–water partition coefficient (Wildman–Crippen LogP) is 4.25. The minimum atomic E-state index is -0.501. The Labute approximate surface area is 230 Å². The Balaban J connectivity index is 1.47. The molecule has 0 aliphatic carbocycles. The van der Waals surface area contributed by atoms with Crippen molar-refractivity contribution >= 4 is 23.9 Å². The van der Waals surface area contributed by atoms with Crippen LogP contribution in [-0.4, -0.2) is 78.8 Å². The number of nitrogens with one attached hydrogen (secondary N) is 1. The Bertz CT molecular complexity index is 1180. The molecule has 2 aromatic rings. The van der Waals surface area contributed by atoms with Crippen LogP contribution < -0.4 is 15.0 Å². The molecule has 0 saturated carbocycles. The van der Waals surface area contributed by atoms with E-state index in [1.54, 1.807) is 20.2 Å². The van der Waals surface area contributed by atoms with Gasteiger partial charge in [0.15, 0.2) is 12.6 Å². The molecule has 2 unspecified atom stereocenters. The van der Waals surface area contributed by atoms with E-state index in [0.29, 0.717) is 11.4 Å². The van der Waals surface area contributed by atoms with Crippen LogP contribution in [0.5, 0.6) is 5.75 Å². The van der Waals surface area contributed by atoms with Crippen LogP contribution in [-0.2, 0) is 14.3 Å². The summed E-state index contributed by atoms with van der Waals surface area (Å²) in [5.74, 6) is 1.17. The number of nitrogens with zero attached hydrogens (tertiary/aromatic N) is 4. The number of anilines is 1. The molecule has 10 heteroatoms. The Morgan fingerprint density at radius 1 is 1.13 bits per heavy atom. The predicted molar refractivity (Wildman–Crippen MR) is 149 cm³/mol. The van der Waals surface area contributed by atoms with Crippen molar-refractivity contribution in [2.45, 2.75) is 70.2 Å². The summed E-state index contributed by atoms with van der Waals surface area (Å²) in [6, 6.07) is 10.1. The van der Waals surface area contributed by atoms with Gasteiger partial charge < -0.3 is 29.3 Å². The molecule has 2 atom stereocenters. The van der Waals surface area contributed by atoms with Gasteiger partial charge in [0.1, 0.15) is 11.4 Å². The van der Waals surface area contributed by atoms with Crippen LogP contribution in [0.2, 0.25) is 0 Å². The lowest BCUT2D eigenvalue weighted by Gasteiger charge is -2.42. The monoisotopic (exact) mass is 537 g/mol. The zero-order chi connectivity index (χ0) is 28.2. The Kier molecular flexibility index (Phi) is 8.74. The van der Waals surface area contributed by atoms with Crippen LogP contribution in [0, 0.1) is 0 Å². The van der Waals surface area contributed by atoms with Crippen molar-refractivity contribution in [3.05, 3.63) is 42.0 Å². The molecule has 2 saturated heterocycles. The molecular formula is C29H39N5O5. The maximum absolute atomic E-state index is 12.8. The maximum atomic E-state index is 12.8. The third-order valence-electron chi connectivity index (χ3n) is 7.16. The molecule has 4 rings (SSSR count). The Morgan fingerprint density at radius 3 is 2.44 bits per heavy atom. The number of methoxy groups -OCH3 is 1. The van der Waals surface area contributed by atoms with E-state index in [-0.39, 0.29) is 36.9 Å². The van der Waals surface area contributed by atoms with Gasteiger partial charge in [-0.05, 0) is 82.4 Å². The highest BCUT2D eigenvalue weighted by Gasteiger charge is 2.46. The fourth-order valence-corrected chi connectivity index (χ4v) is 5.27. The molecule has 2 fully saturated rings. The van der Waals surface area contributed by atoms with Gasteiger partial charge in [0.2, 0.25) is 5.91 Å². The highest BCUT2D eigenvalue weighted by molar-refractivity contribution is 5.91. The fourth-order valence-electron chi connectivity index (χ4n) is 5.27. The SMILES string of the molecule is CNC(=O)/C=C/c1ccc(-c2ccc(N(C)C3CC4CCC(C3)N4C(=O)OC(C)(C)C)nn2)c(OCOC)c1. The molecule has 0 radical (unpaired) electrons. The lowest BCUT2D eigenvalue weighted by Crippen LogP contribution is -2.53. The number of carbonyl (C=O) groups is 2. The van der Waals surface area contributed by atoms with Crippen molar-refractivity contribution in [1.82, 2.24) is 20.4 Å². The molecule has 210 valence electrons. The number of piperidine rings is 1. The quantitative estimate of drug-likeness (QED) is 0.394. The molecule has 1 N–H and O–H groups in total. The molecule has 2 amide bonds. The third-order valence-corrected chi connectivity index (χ3v) is 7.16. The van der Waals surface area contributed by atoms with E-state index in [4.69, 9.17) is 14.2 Å². The van der Waals surface area contributed by atoms with Crippen LogP contribution in [0.15, 0.2) is 36.4 Å². The summed E-state index contributed by atoms with van der Waals surface area (Å²) in [6.07, 6.45) is 6.71. The molecule has 0 spiro atoms. The van der Waals surface area contributed by atoms with Crippen molar-refractivity contribution in [2.24, 2.45) is 0 Å². The summed E-state index contributed by atoms with van der Waals surface area (Å²) < 4.78 is 16.6. The molecule has 2 aliphatic rings. The van der Waals surface area contributed by atoms with Gasteiger partial charge in [0.25, 0.3) is 0 Å². The number of aromatic nitrogens is 2. The molecule has 2 aliphatic heterocycles. The highest BCUT2D eigenvalue weighted by atomic mass is 16.7. The second kappa shape index (κ2) is 12.0. The van der Waals surface area contributed by atoms with Crippen LogP contribution >= 0.6 is 0 Å². The van der Waals surface area contributed by atoms with Gasteiger partial charge in [-0.3, -0.25) is 4.79 Å². The van der Waals surface area contributed by atoms with Crippen LogP contribution in [0.25, 0.3) is 17.3 Å². The van der Waals surface area contributed by atoms with Crippen LogP contribution in [0.3, 0.4) is 0 Å². The van der Waals surface area contributed by atoms with Gasteiger partial charge in [0, 0.05) is 51.0 Å². The van der Waals surface area contributed by atoms with Crippen molar-refractivity contribution in [3.8, 4) is 17.0 Å².